The molecule has 2 heterocycles. The molecule has 112 valence electrons. The number of fused-ring (bicyclic) bond motifs is 1. The van der Waals surface area contributed by atoms with E-state index >= 15 is 0 Å². The fourth-order valence-electron chi connectivity index (χ4n) is 2.31. The maximum Gasteiger partial charge on any atom is 0.186 e. The van der Waals surface area contributed by atoms with E-state index in [4.69, 9.17) is 11.0 Å². The van der Waals surface area contributed by atoms with E-state index in [1.807, 2.05) is 25.2 Å². The van der Waals surface area contributed by atoms with Crippen LogP contribution < -0.4 is 10.6 Å². The lowest BCUT2D eigenvalue weighted by molar-refractivity contribution is 0.765. The highest BCUT2D eigenvalue weighted by Gasteiger charge is 2.11. The largest absolute Gasteiger partial charge is 0.381 e. The van der Waals surface area contributed by atoms with Gasteiger partial charge in [-0.05, 0) is 25.0 Å². The van der Waals surface area contributed by atoms with Gasteiger partial charge in [0.1, 0.15) is 11.6 Å². The summed E-state index contributed by atoms with van der Waals surface area (Å²) in [5, 5.41) is 16.8. The fourth-order valence-corrected chi connectivity index (χ4v) is 3.26. The lowest BCUT2D eigenvalue weighted by Crippen LogP contribution is -2.18. The van der Waals surface area contributed by atoms with Gasteiger partial charge >= 0.3 is 0 Å². The Morgan fingerprint density at radius 3 is 3.00 bits per heavy atom. The quantitative estimate of drug-likeness (QED) is 0.755. The Kier molecular flexibility index (Phi) is 3.94. The molecule has 0 amide bonds. The summed E-state index contributed by atoms with van der Waals surface area (Å²) in [5.41, 5.74) is 7.93. The third kappa shape index (κ3) is 2.73. The minimum absolute atomic E-state index is 0.275. The number of thiazole rings is 1. The summed E-state index contributed by atoms with van der Waals surface area (Å²) in [6.45, 7) is 0.851. The summed E-state index contributed by atoms with van der Waals surface area (Å²) in [4.78, 5) is 6.76. The van der Waals surface area contributed by atoms with Gasteiger partial charge in [0.15, 0.2) is 10.9 Å². The van der Waals surface area contributed by atoms with Gasteiger partial charge in [-0.2, -0.15) is 10.4 Å². The van der Waals surface area contributed by atoms with Gasteiger partial charge in [0.25, 0.3) is 0 Å². The summed E-state index contributed by atoms with van der Waals surface area (Å²) >= 11 is 1.69. The molecule has 6 nitrogen and oxygen atoms in total. The zero-order valence-electron chi connectivity index (χ0n) is 12.2. The summed E-state index contributed by atoms with van der Waals surface area (Å²) in [6, 6.07) is 10.2. The fraction of sp³-hybridized carbons (Fsp3) is 0.267. The van der Waals surface area contributed by atoms with Crippen molar-refractivity contribution >= 4 is 32.5 Å². The number of aryl methyl sites for hydroxylation is 1. The van der Waals surface area contributed by atoms with E-state index < -0.39 is 0 Å². The molecule has 2 aromatic heterocycles. The first kappa shape index (κ1) is 14.4. The highest BCUT2D eigenvalue weighted by atomic mass is 32.1. The van der Waals surface area contributed by atoms with E-state index in [-0.39, 0.29) is 5.82 Å². The van der Waals surface area contributed by atoms with Gasteiger partial charge in [0.05, 0.1) is 15.9 Å². The van der Waals surface area contributed by atoms with Crippen LogP contribution in [0.5, 0.6) is 0 Å². The van der Waals surface area contributed by atoms with Crippen molar-refractivity contribution in [2.75, 3.05) is 24.2 Å². The van der Waals surface area contributed by atoms with Gasteiger partial charge < -0.3 is 10.6 Å². The number of nitrogen functional groups attached to an aromatic ring is 1. The summed E-state index contributed by atoms with van der Waals surface area (Å²) < 4.78 is 1.19. The number of anilines is 2. The molecule has 3 N–H and O–H groups in total. The molecular formula is C15H16N6S. The topological polar surface area (TPSA) is 94.6 Å². The molecule has 1 aromatic carbocycles. The van der Waals surface area contributed by atoms with Gasteiger partial charge in [-0.1, -0.05) is 23.5 Å². The number of nitrogens with one attached hydrogen (secondary N) is 1. The molecule has 0 aliphatic rings. The van der Waals surface area contributed by atoms with Crippen molar-refractivity contribution < 1.29 is 0 Å². The first-order valence-corrected chi connectivity index (χ1v) is 7.80. The minimum Gasteiger partial charge on any atom is -0.381 e. The monoisotopic (exact) mass is 312 g/mol. The van der Waals surface area contributed by atoms with Gasteiger partial charge in [0.2, 0.25) is 0 Å². The molecule has 0 aliphatic heterocycles. The number of benzene rings is 1. The van der Waals surface area contributed by atoms with Crippen LogP contribution in [-0.4, -0.2) is 28.8 Å². The zero-order chi connectivity index (χ0) is 15.5. The van der Waals surface area contributed by atoms with Crippen LogP contribution in [0.25, 0.3) is 10.2 Å². The van der Waals surface area contributed by atoms with Crippen LogP contribution in [-0.2, 0) is 6.42 Å². The SMILES string of the molecule is CN(CCCc1[nH]nc(N)c1C#N)c1nc2ccccc2s1. The van der Waals surface area contributed by atoms with Gasteiger partial charge in [0, 0.05) is 13.6 Å². The second-order valence-corrected chi connectivity index (χ2v) is 6.07. The molecule has 0 spiro atoms. The average Bonchev–Trinajstić information content (AvgIpc) is 3.10. The molecule has 0 saturated heterocycles. The third-order valence-corrected chi connectivity index (χ3v) is 4.66. The number of para-hydroxylation sites is 1. The predicted octanol–water partition coefficient (Wildman–Crippen LogP) is 2.54. The second-order valence-electron chi connectivity index (χ2n) is 5.06. The van der Waals surface area contributed by atoms with Crippen molar-refractivity contribution in [3.8, 4) is 6.07 Å². The van der Waals surface area contributed by atoms with Crippen molar-refractivity contribution in [1.82, 2.24) is 15.2 Å². The smallest absolute Gasteiger partial charge is 0.186 e. The van der Waals surface area contributed by atoms with E-state index in [0.717, 1.165) is 35.7 Å². The molecule has 0 atom stereocenters. The van der Waals surface area contributed by atoms with Crippen molar-refractivity contribution in [2.45, 2.75) is 12.8 Å². The van der Waals surface area contributed by atoms with Crippen molar-refractivity contribution in [3.05, 3.63) is 35.5 Å². The normalized spacial score (nSPS) is 10.7. The van der Waals surface area contributed by atoms with E-state index in [1.54, 1.807) is 11.3 Å². The number of aromatic amines is 1. The number of aromatic nitrogens is 3. The molecule has 3 rings (SSSR count). The molecule has 0 radical (unpaired) electrons. The Morgan fingerprint density at radius 2 is 2.23 bits per heavy atom. The van der Waals surface area contributed by atoms with Crippen LogP contribution in [0, 0.1) is 11.3 Å². The Balaban J connectivity index is 1.62. The molecule has 0 unspecified atom stereocenters. The van der Waals surface area contributed by atoms with Crippen LogP contribution in [0.4, 0.5) is 10.9 Å². The van der Waals surface area contributed by atoms with Crippen LogP contribution in [0.15, 0.2) is 24.3 Å². The number of nitriles is 1. The number of nitrogens with zero attached hydrogens (tertiary/aromatic N) is 4. The van der Waals surface area contributed by atoms with Gasteiger partial charge in [-0.25, -0.2) is 4.98 Å². The zero-order valence-corrected chi connectivity index (χ0v) is 13.0. The lowest BCUT2D eigenvalue weighted by atomic mass is 10.1. The van der Waals surface area contributed by atoms with Crippen LogP contribution in [0.3, 0.4) is 0 Å². The van der Waals surface area contributed by atoms with E-state index in [1.165, 1.54) is 4.70 Å². The number of rotatable bonds is 5. The first-order chi connectivity index (χ1) is 10.7. The molecule has 0 bridgehead atoms. The number of nitrogens with two attached hydrogens (primary N) is 1. The van der Waals surface area contributed by atoms with E-state index in [2.05, 4.69) is 32.2 Å². The summed E-state index contributed by atoms with van der Waals surface area (Å²) in [5.74, 6) is 0.275. The Labute approximate surface area is 132 Å². The predicted molar refractivity (Wildman–Crippen MR) is 88.9 cm³/mol. The summed E-state index contributed by atoms with van der Waals surface area (Å²) in [7, 11) is 2.03. The molecular weight excluding hydrogens is 296 g/mol. The van der Waals surface area contributed by atoms with Gasteiger partial charge in [-0.3, -0.25) is 5.10 Å². The minimum atomic E-state index is 0.275. The maximum atomic E-state index is 9.05. The molecule has 7 heteroatoms. The van der Waals surface area contributed by atoms with E-state index in [0.29, 0.717) is 5.56 Å². The second kappa shape index (κ2) is 6.03. The van der Waals surface area contributed by atoms with Crippen molar-refractivity contribution in [3.63, 3.8) is 0 Å². The highest BCUT2D eigenvalue weighted by Crippen LogP contribution is 2.27. The number of hydrogen-bond donors (Lipinski definition) is 2. The Bertz CT molecular complexity index is 795. The third-order valence-electron chi connectivity index (χ3n) is 3.51. The van der Waals surface area contributed by atoms with Crippen LogP contribution in [0.2, 0.25) is 0 Å². The van der Waals surface area contributed by atoms with Crippen LogP contribution in [0.1, 0.15) is 17.7 Å². The molecule has 0 aliphatic carbocycles. The van der Waals surface area contributed by atoms with E-state index in [9.17, 15) is 0 Å². The molecule has 0 saturated carbocycles. The average molecular weight is 312 g/mol. The van der Waals surface area contributed by atoms with Crippen LogP contribution >= 0.6 is 11.3 Å². The lowest BCUT2D eigenvalue weighted by Gasteiger charge is -2.14. The Hall–Kier alpha value is -2.59. The molecule has 0 fully saturated rings. The van der Waals surface area contributed by atoms with Gasteiger partial charge in [-0.15, -0.1) is 0 Å². The van der Waals surface area contributed by atoms with Crippen molar-refractivity contribution in [2.24, 2.45) is 0 Å². The number of hydrogen-bond acceptors (Lipinski definition) is 6. The maximum absolute atomic E-state index is 9.05. The summed E-state index contributed by atoms with van der Waals surface area (Å²) in [6.07, 6.45) is 1.63. The Morgan fingerprint density at radius 1 is 1.41 bits per heavy atom. The van der Waals surface area contributed by atoms with Crippen molar-refractivity contribution in [1.29, 1.82) is 5.26 Å². The molecule has 22 heavy (non-hydrogen) atoms. The number of H-pyrrole nitrogens is 1. The first-order valence-electron chi connectivity index (χ1n) is 6.98. The standard InChI is InChI=1S/C15H16N6S/c1-21(15-18-12-5-2-3-7-13(12)22-15)8-4-6-11-10(9-16)14(17)20-19-11/h2-3,5,7H,4,6,8H2,1H3,(H3,17,19,20). The highest BCUT2D eigenvalue weighted by molar-refractivity contribution is 7.22. The molecule has 3 aromatic rings.